The highest BCUT2D eigenvalue weighted by Crippen LogP contribution is 2.24. The zero-order chi connectivity index (χ0) is 17.8. The molecule has 0 aliphatic carbocycles. The van der Waals surface area contributed by atoms with E-state index < -0.39 is 0 Å². The molecule has 5 heteroatoms. The third-order valence-corrected chi connectivity index (χ3v) is 5.01. The minimum absolute atomic E-state index is 0.101. The maximum absolute atomic E-state index is 13.1. The van der Waals surface area contributed by atoms with Crippen molar-refractivity contribution < 1.29 is 4.79 Å². The van der Waals surface area contributed by atoms with Crippen LogP contribution < -0.4 is 0 Å². The monoisotopic (exact) mass is 346 g/mol. The quantitative estimate of drug-likeness (QED) is 0.710. The molecule has 0 saturated carbocycles. The van der Waals surface area contributed by atoms with Gasteiger partial charge >= 0.3 is 0 Å². The third kappa shape index (κ3) is 3.52. The first-order chi connectivity index (χ1) is 12.8. The molecule has 1 aliphatic rings. The van der Waals surface area contributed by atoms with E-state index in [1.165, 1.54) is 5.56 Å². The number of imidazole rings is 1. The maximum atomic E-state index is 13.1. The van der Waals surface area contributed by atoms with Crippen LogP contribution in [-0.2, 0) is 6.42 Å². The molecule has 1 aromatic carbocycles. The largest absolute Gasteiger partial charge is 0.336 e. The lowest BCUT2D eigenvalue weighted by Crippen LogP contribution is -2.35. The lowest BCUT2D eigenvalue weighted by molar-refractivity contribution is 0.0730. The van der Waals surface area contributed by atoms with E-state index in [4.69, 9.17) is 0 Å². The number of pyridine rings is 1. The number of likely N-dealkylation sites (tertiary alicyclic amines) is 1. The van der Waals surface area contributed by atoms with E-state index in [1.54, 1.807) is 24.8 Å². The molecule has 1 aliphatic heterocycles. The van der Waals surface area contributed by atoms with E-state index in [9.17, 15) is 4.79 Å². The topological polar surface area (TPSA) is 51.0 Å². The van der Waals surface area contributed by atoms with Crippen molar-refractivity contribution in [3.63, 3.8) is 0 Å². The van der Waals surface area contributed by atoms with Crippen molar-refractivity contribution in [3.05, 3.63) is 78.5 Å². The Morgan fingerprint density at radius 3 is 2.85 bits per heavy atom. The molecule has 2 aromatic heterocycles. The van der Waals surface area contributed by atoms with Gasteiger partial charge in [0.25, 0.3) is 5.91 Å². The number of carbonyl (C=O) groups is 1. The van der Waals surface area contributed by atoms with Crippen LogP contribution in [-0.4, -0.2) is 37.9 Å². The summed E-state index contributed by atoms with van der Waals surface area (Å²) in [7, 11) is 0. The van der Waals surface area contributed by atoms with Crippen LogP contribution >= 0.6 is 0 Å². The number of nitrogens with zero attached hydrogens (tertiary/aromatic N) is 4. The molecule has 5 nitrogen and oxygen atoms in total. The Kier molecular flexibility index (Phi) is 4.78. The molecule has 3 aromatic rings. The summed E-state index contributed by atoms with van der Waals surface area (Å²) in [6.45, 7) is 0.834. The number of aryl methyl sites for hydroxylation is 1. The Labute approximate surface area is 153 Å². The molecular formula is C21H22N4O. The molecular weight excluding hydrogens is 324 g/mol. The van der Waals surface area contributed by atoms with E-state index in [1.807, 2.05) is 27.8 Å². The first-order valence-corrected chi connectivity index (χ1v) is 9.10. The predicted molar refractivity (Wildman–Crippen MR) is 100 cm³/mol. The average Bonchev–Trinajstić information content (AvgIpc) is 3.39. The van der Waals surface area contributed by atoms with Crippen LogP contribution in [0.5, 0.6) is 0 Å². The molecule has 4 rings (SSSR count). The van der Waals surface area contributed by atoms with E-state index in [0.717, 1.165) is 32.2 Å². The molecule has 0 unspecified atom stereocenters. The number of hydrogen-bond donors (Lipinski definition) is 0. The van der Waals surface area contributed by atoms with Gasteiger partial charge in [0.15, 0.2) is 0 Å². The van der Waals surface area contributed by atoms with Gasteiger partial charge in [0.1, 0.15) is 12.1 Å². The Morgan fingerprint density at radius 2 is 2.04 bits per heavy atom. The highest BCUT2D eigenvalue weighted by molar-refractivity contribution is 5.95. The second-order valence-corrected chi connectivity index (χ2v) is 6.69. The summed E-state index contributed by atoms with van der Waals surface area (Å²) in [4.78, 5) is 23.5. The molecule has 0 bridgehead atoms. The van der Waals surface area contributed by atoms with Crippen LogP contribution in [0.2, 0.25) is 0 Å². The number of benzene rings is 1. The number of aromatic nitrogens is 3. The normalized spacial score (nSPS) is 16.8. The highest BCUT2D eigenvalue weighted by Gasteiger charge is 2.29. The van der Waals surface area contributed by atoms with Gasteiger partial charge in [-0.25, -0.2) is 9.97 Å². The Morgan fingerprint density at radius 1 is 1.15 bits per heavy atom. The van der Waals surface area contributed by atoms with Gasteiger partial charge in [-0.2, -0.15) is 0 Å². The Balaban J connectivity index is 1.47. The van der Waals surface area contributed by atoms with Crippen molar-refractivity contribution in [1.29, 1.82) is 0 Å². The summed E-state index contributed by atoms with van der Waals surface area (Å²) in [5.74, 6) is 0.817. The zero-order valence-corrected chi connectivity index (χ0v) is 14.7. The van der Waals surface area contributed by atoms with Gasteiger partial charge in [0, 0.05) is 36.7 Å². The van der Waals surface area contributed by atoms with Crippen molar-refractivity contribution in [1.82, 2.24) is 19.4 Å². The van der Waals surface area contributed by atoms with Gasteiger partial charge in [-0.05, 0) is 43.4 Å². The van der Waals surface area contributed by atoms with Gasteiger partial charge in [-0.3, -0.25) is 9.36 Å². The van der Waals surface area contributed by atoms with Crippen molar-refractivity contribution in [2.75, 3.05) is 6.54 Å². The molecule has 1 saturated heterocycles. The van der Waals surface area contributed by atoms with E-state index >= 15 is 0 Å². The molecule has 26 heavy (non-hydrogen) atoms. The van der Waals surface area contributed by atoms with Crippen LogP contribution in [0, 0.1) is 0 Å². The van der Waals surface area contributed by atoms with Gasteiger partial charge in [0.05, 0.1) is 0 Å². The van der Waals surface area contributed by atoms with Gasteiger partial charge in [0.2, 0.25) is 0 Å². The minimum atomic E-state index is 0.101. The molecule has 132 valence electrons. The molecule has 1 fully saturated rings. The average molecular weight is 346 g/mol. The fourth-order valence-corrected chi connectivity index (χ4v) is 3.63. The second-order valence-electron chi connectivity index (χ2n) is 6.69. The van der Waals surface area contributed by atoms with Crippen molar-refractivity contribution in [3.8, 4) is 5.82 Å². The number of rotatable bonds is 5. The van der Waals surface area contributed by atoms with Gasteiger partial charge in [-0.1, -0.05) is 30.3 Å². The van der Waals surface area contributed by atoms with Crippen LogP contribution in [0.4, 0.5) is 0 Å². The van der Waals surface area contributed by atoms with E-state index in [0.29, 0.717) is 17.4 Å². The third-order valence-electron chi connectivity index (χ3n) is 5.01. The lowest BCUT2D eigenvalue weighted by atomic mass is 10.0. The molecule has 0 radical (unpaired) electrons. The van der Waals surface area contributed by atoms with Crippen LogP contribution in [0.15, 0.2) is 67.4 Å². The molecule has 0 N–H and O–H groups in total. The smallest absolute Gasteiger partial charge is 0.254 e. The fourth-order valence-electron chi connectivity index (χ4n) is 3.63. The van der Waals surface area contributed by atoms with Crippen molar-refractivity contribution in [2.24, 2.45) is 0 Å². The summed E-state index contributed by atoms with van der Waals surface area (Å²) in [5, 5.41) is 0. The van der Waals surface area contributed by atoms with E-state index in [2.05, 4.69) is 34.2 Å². The molecule has 1 atom stereocenters. The van der Waals surface area contributed by atoms with Gasteiger partial charge in [-0.15, -0.1) is 0 Å². The van der Waals surface area contributed by atoms with Crippen LogP contribution in [0.3, 0.4) is 0 Å². The Bertz CT molecular complexity index is 861. The van der Waals surface area contributed by atoms with Crippen molar-refractivity contribution in [2.45, 2.75) is 31.7 Å². The summed E-state index contributed by atoms with van der Waals surface area (Å²) in [6, 6.07) is 14.4. The summed E-state index contributed by atoms with van der Waals surface area (Å²) >= 11 is 0. The zero-order valence-electron chi connectivity index (χ0n) is 14.7. The lowest BCUT2D eigenvalue weighted by Gasteiger charge is -2.25. The van der Waals surface area contributed by atoms with Crippen molar-refractivity contribution >= 4 is 5.91 Å². The summed E-state index contributed by atoms with van der Waals surface area (Å²) in [6.07, 6.45) is 11.1. The predicted octanol–water partition coefficient (Wildman–Crippen LogP) is 3.50. The SMILES string of the molecule is O=C(c1ccnc(-n2ccnc2)c1)N1CCC[C@@H]1CCc1ccccc1. The van der Waals surface area contributed by atoms with Gasteiger partial charge < -0.3 is 4.90 Å². The second kappa shape index (κ2) is 7.52. The number of amides is 1. The first kappa shape index (κ1) is 16.5. The number of carbonyl (C=O) groups excluding carboxylic acids is 1. The summed E-state index contributed by atoms with van der Waals surface area (Å²) < 4.78 is 1.81. The first-order valence-electron chi connectivity index (χ1n) is 9.10. The maximum Gasteiger partial charge on any atom is 0.254 e. The van der Waals surface area contributed by atoms with Crippen LogP contribution in [0.1, 0.15) is 35.2 Å². The molecule has 1 amide bonds. The molecule has 0 spiro atoms. The standard InChI is InChI=1S/C21H22N4O/c26-21(18-10-11-23-20(15-18)24-14-12-22-16-24)25-13-4-7-19(25)9-8-17-5-2-1-3-6-17/h1-3,5-6,10-12,14-16,19H,4,7-9,13H2/t19-/m1/s1. The number of hydrogen-bond acceptors (Lipinski definition) is 3. The molecule has 3 heterocycles. The fraction of sp³-hybridized carbons (Fsp3) is 0.286. The highest BCUT2D eigenvalue weighted by atomic mass is 16.2. The van der Waals surface area contributed by atoms with Crippen LogP contribution in [0.25, 0.3) is 5.82 Å². The Hall–Kier alpha value is -2.95. The minimum Gasteiger partial charge on any atom is -0.336 e. The summed E-state index contributed by atoms with van der Waals surface area (Å²) in [5.41, 5.74) is 2.02. The van der Waals surface area contributed by atoms with E-state index in [-0.39, 0.29) is 5.91 Å².